The van der Waals surface area contributed by atoms with Gasteiger partial charge in [0.1, 0.15) is 0 Å². The first-order chi connectivity index (χ1) is 16.6. The smallest absolute Gasteiger partial charge is 0.210 e. The monoisotopic (exact) mass is 478 g/mol. The molecule has 1 aromatic carbocycles. The molecule has 0 saturated carbocycles. The summed E-state index contributed by atoms with van der Waals surface area (Å²) < 4.78 is 9.76. The van der Waals surface area contributed by atoms with Gasteiger partial charge in [0.05, 0.1) is 25.4 Å². The first-order valence-electron chi connectivity index (χ1n) is 12.1. The topological polar surface area (TPSA) is 68.4 Å². The van der Waals surface area contributed by atoms with Gasteiger partial charge in [-0.25, -0.2) is 0 Å². The molecule has 0 radical (unpaired) electrons. The minimum Gasteiger partial charge on any atom is -0.379 e. The highest BCUT2D eigenvalue weighted by atomic mass is 31.0. The molecule has 34 heavy (non-hydrogen) atoms. The molecule has 1 fully saturated rings. The van der Waals surface area contributed by atoms with Gasteiger partial charge in [0.25, 0.3) is 0 Å². The number of amides is 1. The van der Waals surface area contributed by atoms with Gasteiger partial charge in [0.2, 0.25) is 6.41 Å². The van der Waals surface area contributed by atoms with E-state index in [2.05, 4.69) is 48.3 Å². The van der Waals surface area contributed by atoms with Crippen molar-refractivity contribution < 1.29 is 9.53 Å². The maximum atomic E-state index is 11.6. The van der Waals surface area contributed by atoms with E-state index in [4.69, 9.17) is 9.84 Å². The third-order valence-corrected chi connectivity index (χ3v) is 8.11. The van der Waals surface area contributed by atoms with Crippen LogP contribution in [-0.4, -0.2) is 63.3 Å². The number of benzene rings is 1. The van der Waals surface area contributed by atoms with Gasteiger partial charge in [-0.2, -0.15) is 10.2 Å². The number of aryl methyl sites for hydroxylation is 1. The number of anilines is 2. The van der Waals surface area contributed by atoms with Gasteiger partial charge in [-0.3, -0.25) is 14.2 Å². The summed E-state index contributed by atoms with van der Waals surface area (Å²) in [5, 5.41) is 9.57. The molecule has 8 nitrogen and oxygen atoms in total. The van der Waals surface area contributed by atoms with Crippen molar-refractivity contribution in [1.29, 1.82) is 0 Å². The minimum atomic E-state index is 0.278. The van der Waals surface area contributed by atoms with Gasteiger partial charge in [-0.1, -0.05) is 6.07 Å². The largest absolute Gasteiger partial charge is 0.379 e. The number of rotatable bonds is 5. The van der Waals surface area contributed by atoms with Crippen molar-refractivity contribution in [3.05, 3.63) is 47.4 Å². The third-order valence-electron chi connectivity index (χ3n) is 7.44. The summed E-state index contributed by atoms with van der Waals surface area (Å²) in [5.41, 5.74) is 7.35. The van der Waals surface area contributed by atoms with Crippen LogP contribution in [0.15, 0.2) is 30.6 Å². The molecule has 6 rings (SSSR count). The molecule has 5 heterocycles. The number of carbonyl (C=O) groups is 1. The molecule has 178 valence electrons. The number of hydrogen-bond acceptors (Lipinski definition) is 5. The maximum Gasteiger partial charge on any atom is 0.210 e. The van der Waals surface area contributed by atoms with Crippen molar-refractivity contribution >= 4 is 27.2 Å². The fraction of sp³-hybridized carbons (Fsp3) is 0.480. The van der Waals surface area contributed by atoms with E-state index in [-0.39, 0.29) is 6.04 Å². The molecule has 3 aromatic rings. The summed E-state index contributed by atoms with van der Waals surface area (Å²) in [6.07, 6.45) is 8.86. The Morgan fingerprint density at radius 3 is 2.94 bits per heavy atom. The Bertz CT molecular complexity index is 1210. The predicted molar refractivity (Wildman–Crippen MR) is 134 cm³/mol. The van der Waals surface area contributed by atoms with Crippen LogP contribution in [0.4, 0.5) is 11.5 Å². The summed E-state index contributed by atoms with van der Waals surface area (Å²) in [6, 6.07) is 7.02. The zero-order valence-electron chi connectivity index (χ0n) is 19.6. The van der Waals surface area contributed by atoms with E-state index < -0.39 is 0 Å². The van der Waals surface area contributed by atoms with E-state index in [9.17, 15) is 4.79 Å². The second-order valence-electron chi connectivity index (χ2n) is 9.70. The van der Waals surface area contributed by atoms with Crippen molar-refractivity contribution in [1.82, 2.24) is 24.5 Å². The first-order valence-corrected chi connectivity index (χ1v) is 12.9. The molecule has 0 aliphatic carbocycles. The quantitative estimate of drug-likeness (QED) is 0.417. The summed E-state index contributed by atoms with van der Waals surface area (Å²) in [6.45, 7) is 3.79. The lowest BCUT2D eigenvalue weighted by Crippen LogP contribution is -2.35. The number of carbonyl (C=O) groups excluding carboxylic acids is 1. The molecule has 3 atom stereocenters. The van der Waals surface area contributed by atoms with E-state index >= 15 is 0 Å². The Morgan fingerprint density at radius 1 is 1.29 bits per heavy atom. The Morgan fingerprint density at radius 2 is 2.21 bits per heavy atom. The van der Waals surface area contributed by atoms with Crippen molar-refractivity contribution in [2.24, 2.45) is 13.0 Å². The lowest BCUT2D eigenvalue weighted by atomic mass is 9.91. The van der Waals surface area contributed by atoms with Gasteiger partial charge in [-0.15, -0.1) is 9.24 Å². The highest BCUT2D eigenvalue weighted by Crippen LogP contribution is 2.41. The summed E-state index contributed by atoms with van der Waals surface area (Å²) in [5.74, 6) is 1.52. The van der Waals surface area contributed by atoms with Crippen LogP contribution in [0, 0.1) is 5.92 Å². The average molecular weight is 479 g/mol. The molecular weight excluding hydrogens is 447 g/mol. The van der Waals surface area contributed by atoms with Gasteiger partial charge in [0, 0.05) is 61.9 Å². The summed E-state index contributed by atoms with van der Waals surface area (Å²) >= 11 is 0. The van der Waals surface area contributed by atoms with Gasteiger partial charge in [0.15, 0.2) is 5.82 Å². The average Bonchev–Trinajstić information content (AvgIpc) is 3.62. The zero-order valence-corrected chi connectivity index (χ0v) is 20.7. The number of ether oxygens (including phenoxy) is 1. The fourth-order valence-electron chi connectivity index (χ4n) is 5.63. The van der Waals surface area contributed by atoms with Crippen molar-refractivity contribution in [3.8, 4) is 11.1 Å². The lowest BCUT2D eigenvalue weighted by molar-refractivity contribution is -0.118. The normalized spacial score (nSPS) is 22.1. The first kappa shape index (κ1) is 21.8. The zero-order chi connectivity index (χ0) is 23.2. The Labute approximate surface area is 202 Å². The second-order valence-corrected chi connectivity index (χ2v) is 10.2. The van der Waals surface area contributed by atoms with E-state index in [1.54, 1.807) is 0 Å². The molecule has 0 spiro atoms. The van der Waals surface area contributed by atoms with Crippen molar-refractivity contribution in [3.63, 3.8) is 0 Å². The van der Waals surface area contributed by atoms with Crippen molar-refractivity contribution in [2.45, 2.75) is 31.8 Å². The fourth-order valence-corrected chi connectivity index (χ4v) is 5.94. The highest BCUT2D eigenvalue weighted by molar-refractivity contribution is 7.16. The minimum absolute atomic E-state index is 0.278. The standard InChI is InChI=1S/C25H31N6O2P/c1-28-12-20(10-26-28)18-2-3-23-19(9-18)8-17(15-34)11-30(23)25-22-13-29(16-32)6-4-24(22)31(27-25)21-5-7-33-14-21/h2-3,9-10,12,16-17,21H,4-8,11,13-15,34H2,1H3. The highest BCUT2D eigenvalue weighted by Gasteiger charge is 2.34. The summed E-state index contributed by atoms with van der Waals surface area (Å²) in [4.78, 5) is 15.9. The molecule has 0 N–H and O–H groups in total. The van der Waals surface area contributed by atoms with Crippen LogP contribution in [0.25, 0.3) is 11.1 Å². The van der Waals surface area contributed by atoms with Crippen molar-refractivity contribution in [2.75, 3.05) is 37.4 Å². The molecule has 3 unspecified atom stereocenters. The molecule has 3 aliphatic heterocycles. The number of hydrogen-bond donors (Lipinski definition) is 0. The van der Waals surface area contributed by atoms with E-state index in [0.29, 0.717) is 19.1 Å². The summed E-state index contributed by atoms with van der Waals surface area (Å²) in [7, 11) is 4.88. The van der Waals surface area contributed by atoms with E-state index in [1.165, 1.54) is 28.1 Å². The van der Waals surface area contributed by atoms with E-state index in [0.717, 1.165) is 62.9 Å². The van der Waals surface area contributed by atoms with Crippen LogP contribution >= 0.6 is 9.24 Å². The van der Waals surface area contributed by atoms with Crippen LogP contribution in [0.3, 0.4) is 0 Å². The van der Waals surface area contributed by atoms with Crippen LogP contribution in [0.1, 0.15) is 29.3 Å². The molecular formula is C25H31N6O2P. The van der Waals surface area contributed by atoms with Crippen LogP contribution in [-0.2, 0) is 36.0 Å². The van der Waals surface area contributed by atoms with Gasteiger partial charge < -0.3 is 14.5 Å². The Hall–Kier alpha value is -2.70. The van der Waals surface area contributed by atoms with E-state index in [1.807, 2.05) is 22.8 Å². The molecule has 1 saturated heterocycles. The maximum absolute atomic E-state index is 11.6. The lowest BCUT2D eigenvalue weighted by Gasteiger charge is -2.36. The number of fused-ring (bicyclic) bond motifs is 2. The number of aromatic nitrogens is 4. The Kier molecular flexibility index (Phi) is 5.66. The SMILES string of the molecule is Cn1cc(-c2ccc3c(c2)CC(CP)CN3c2nn(C3CCOC3)c3c2CN(C=O)CC3)cn1. The molecule has 2 aromatic heterocycles. The van der Waals surface area contributed by atoms with Crippen LogP contribution < -0.4 is 4.90 Å². The van der Waals surface area contributed by atoms with Crippen LogP contribution in [0.5, 0.6) is 0 Å². The predicted octanol–water partition coefficient (Wildman–Crippen LogP) is 2.95. The van der Waals surface area contributed by atoms with Gasteiger partial charge in [-0.05, 0) is 48.2 Å². The molecule has 1 amide bonds. The molecule has 3 aliphatic rings. The third kappa shape index (κ3) is 3.73. The van der Waals surface area contributed by atoms with Gasteiger partial charge >= 0.3 is 0 Å². The molecule has 9 heteroatoms. The molecule has 0 bridgehead atoms. The van der Waals surface area contributed by atoms with Crippen LogP contribution in [0.2, 0.25) is 0 Å². The Balaban J connectivity index is 1.45. The second kappa shape index (κ2) is 8.82. The number of nitrogens with zero attached hydrogens (tertiary/aromatic N) is 6.